The van der Waals surface area contributed by atoms with Gasteiger partial charge in [0.2, 0.25) is 10.0 Å². The molecule has 1 atom stereocenters. The van der Waals surface area contributed by atoms with Crippen LogP contribution in [-0.2, 0) is 10.0 Å². The molecule has 0 radical (unpaired) electrons. The maximum atomic E-state index is 12.7. The van der Waals surface area contributed by atoms with Gasteiger partial charge in [-0.2, -0.15) is 4.31 Å². The van der Waals surface area contributed by atoms with Gasteiger partial charge in [0.1, 0.15) is 5.69 Å². The van der Waals surface area contributed by atoms with E-state index in [2.05, 4.69) is 0 Å². The summed E-state index contributed by atoms with van der Waals surface area (Å²) >= 11 is 0. The second-order valence-electron chi connectivity index (χ2n) is 5.29. The van der Waals surface area contributed by atoms with Gasteiger partial charge >= 0.3 is 0 Å². The van der Waals surface area contributed by atoms with E-state index in [9.17, 15) is 18.5 Å². The number of nitro benzene ring substituents is 1. The van der Waals surface area contributed by atoms with Gasteiger partial charge < -0.3 is 5.73 Å². The summed E-state index contributed by atoms with van der Waals surface area (Å²) in [5, 5.41) is 10.9. The van der Waals surface area contributed by atoms with Crippen LogP contribution in [0.1, 0.15) is 32.6 Å². The number of hydrogen-bond acceptors (Lipinski definition) is 5. The second-order valence-corrected chi connectivity index (χ2v) is 7.18. The zero-order chi connectivity index (χ0) is 15.6. The maximum absolute atomic E-state index is 12.7. The van der Waals surface area contributed by atoms with Crippen molar-refractivity contribution in [3.05, 3.63) is 28.3 Å². The van der Waals surface area contributed by atoms with Crippen molar-refractivity contribution in [2.24, 2.45) is 0 Å². The number of nitrogens with zero attached hydrogens (tertiary/aromatic N) is 2. The minimum atomic E-state index is -3.73. The van der Waals surface area contributed by atoms with E-state index >= 15 is 0 Å². The molecule has 0 saturated carbocycles. The highest BCUT2D eigenvalue weighted by atomic mass is 32.2. The summed E-state index contributed by atoms with van der Waals surface area (Å²) in [5.74, 6) is 0. The largest absolute Gasteiger partial charge is 0.393 e. The second kappa shape index (κ2) is 5.98. The zero-order valence-electron chi connectivity index (χ0n) is 11.9. The van der Waals surface area contributed by atoms with Gasteiger partial charge in [-0.15, -0.1) is 0 Å². The third-order valence-corrected chi connectivity index (χ3v) is 5.81. The molecule has 2 N–H and O–H groups in total. The van der Waals surface area contributed by atoms with Crippen molar-refractivity contribution < 1.29 is 13.3 Å². The first-order valence-electron chi connectivity index (χ1n) is 6.90. The number of rotatable bonds is 3. The summed E-state index contributed by atoms with van der Waals surface area (Å²) in [4.78, 5) is 10.2. The van der Waals surface area contributed by atoms with Crippen molar-refractivity contribution in [2.75, 3.05) is 12.3 Å². The van der Waals surface area contributed by atoms with Gasteiger partial charge in [-0.05, 0) is 31.9 Å². The lowest BCUT2D eigenvalue weighted by Crippen LogP contribution is -2.38. The quantitative estimate of drug-likeness (QED) is 0.522. The Morgan fingerprint density at radius 3 is 2.71 bits per heavy atom. The van der Waals surface area contributed by atoms with Crippen molar-refractivity contribution >= 4 is 21.4 Å². The molecule has 7 nitrogen and oxygen atoms in total. The van der Waals surface area contributed by atoms with Gasteiger partial charge in [-0.3, -0.25) is 10.1 Å². The fraction of sp³-hybridized carbons (Fsp3) is 0.538. The van der Waals surface area contributed by atoms with Gasteiger partial charge in [0.15, 0.2) is 0 Å². The lowest BCUT2D eigenvalue weighted by Gasteiger charge is -2.26. The van der Waals surface area contributed by atoms with Crippen molar-refractivity contribution in [1.82, 2.24) is 4.31 Å². The average Bonchev–Trinajstić information content (AvgIpc) is 2.63. The fourth-order valence-electron chi connectivity index (χ4n) is 2.58. The third kappa shape index (κ3) is 3.16. The van der Waals surface area contributed by atoms with E-state index in [4.69, 9.17) is 5.73 Å². The first kappa shape index (κ1) is 15.7. The Bertz CT molecular complexity index is 645. The molecule has 0 amide bonds. The molecule has 1 fully saturated rings. The first-order valence-corrected chi connectivity index (χ1v) is 8.34. The lowest BCUT2D eigenvalue weighted by molar-refractivity contribution is -0.384. The molecule has 1 heterocycles. The van der Waals surface area contributed by atoms with E-state index in [0.29, 0.717) is 6.54 Å². The van der Waals surface area contributed by atoms with Crippen LogP contribution in [0.2, 0.25) is 0 Å². The summed E-state index contributed by atoms with van der Waals surface area (Å²) in [6, 6.07) is 3.54. The predicted molar refractivity (Wildman–Crippen MR) is 79.3 cm³/mol. The van der Waals surface area contributed by atoms with Crippen LogP contribution in [0.25, 0.3) is 0 Å². The molecular weight excluding hydrogens is 294 g/mol. The number of nitro groups is 1. The monoisotopic (exact) mass is 313 g/mol. The van der Waals surface area contributed by atoms with E-state index in [-0.39, 0.29) is 22.3 Å². The molecule has 1 unspecified atom stereocenters. The molecule has 1 aromatic carbocycles. The molecule has 0 spiro atoms. The number of hydrogen-bond donors (Lipinski definition) is 1. The Labute approximate surface area is 123 Å². The van der Waals surface area contributed by atoms with Gasteiger partial charge in [-0.1, -0.05) is 12.8 Å². The normalized spacial score (nSPS) is 20.9. The fourth-order valence-corrected chi connectivity index (χ4v) is 4.30. The van der Waals surface area contributed by atoms with Crippen molar-refractivity contribution in [3.63, 3.8) is 0 Å². The molecule has 0 aliphatic carbocycles. The van der Waals surface area contributed by atoms with Crippen LogP contribution in [0.4, 0.5) is 11.4 Å². The van der Waals surface area contributed by atoms with Crippen LogP contribution < -0.4 is 5.73 Å². The highest BCUT2D eigenvalue weighted by Gasteiger charge is 2.31. The standard InChI is InChI=1S/C13H19N3O4S/c1-10-5-3-2-4-8-15(10)21(19,20)11-6-7-12(14)13(9-11)16(17)18/h6-7,9-10H,2-5,8,14H2,1H3. The highest BCUT2D eigenvalue weighted by molar-refractivity contribution is 7.89. The lowest BCUT2D eigenvalue weighted by atomic mass is 10.1. The molecular formula is C13H19N3O4S. The Morgan fingerprint density at radius 2 is 2.05 bits per heavy atom. The Balaban J connectivity index is 2.43. The number of sulfonamides is 1. The minimum Gasteiger partial charge on any atom is -0.393 e. The number of nitrogens with two attached hydrogens (primary N) is 1. The predicted octanol–water partition coefficient (Wildman–Crippen LogP) is 2.13. The molecule has 8 heteroatoms. The minimum absolute atomic E-state index is 0.0390. The van der Waals surface area contributed by atoms with E-state index in [1.54, 1.807) is 0 Å². The summed E-state index contributed by atoms with van der Waals surface area (Å²) in [7, 11) is -3.73. The van der Waals surface area contributed by atoms with E-state index in [0.717, 1.165) is 31.7 Å². The zero-order valence-corrected chi connectivity index (χ0v) is 12.7. The van der Waals surface area contributed by atoms with Crippen molar-refractivity contribution in [1.29, 1.82) is 0 Å². The Kier molecular flexibility index (Phi) is 4.48. The van der Waals surface area contributed by atoms with Crippen LogP contribution in [0.3, 0.4) is 0 Å². The summed E-state index contributed by atoms with van der Waals surface area (Å²) < 4.78 is 26.8. The molecule has 0 aromatic heterocycles. The SMILES string of the molecule is CC1CCCCCN1S(=O)(=O)c1ccc(N)c([N+](=O)[O-])c1. The van der Waals surface area contributed by atoms with E-state index in [1.807, 2.05) is 6.92 Å². The molecule has 1 aliphatic heterocycles. The maximum Gasteiger partial charge on any atom is 0.293 e. The van der Waals surface area contributed by atoms with Crippen molar-refractivity contribution in [2.45, 2.75) is 43.5 Å². The molecule has 116 valence electrons. The topological polar surface area (TPSA) is 107 Å². The molecule has 21 heavy (non-hydrogen) atoms. The van der Waals surface area contributed by atoms with Gasteiger partial charge in [0.25, 0.3) is 5.69 Å². The van der Waals surface area contributed by atoms with Crippen LogP contribution >= 0.6 is 0 Å². The smallest absolute Gasteiger partial charge is 0.293 e. The van der Waals surface area contributed by atoms with Gasteiger partial charge in [-0.25, -0.2) is 8.42 Å². The van der Waals surface area contributed by atoms with Crippen molar-refractivity contribution in [3.8, 4) is 0 Å². The van der Waals surface area contributed by atoms with Gasteiger partial charge in [0.05, 0.1) is 9.82 Å². The Morgan fingerprint density at radius 1 is 1.33 bits per heavy atom. The summed E-state index contributed by atoms with van der Waals surface area (Å²) in [5.41, 5.74) is 5.10. The molecule has 0 bridgehead atoms. The van der Waals surface area contributed by atoms with E-state index < -0.39 is 14.9 Å². The molecule has 1 aliphatic rings. The number of nitrogen functional groups attached to an aromatic ring is 1. The van der Waals surface area contributed by atoms with Crippen LogP contribution in [-0.4, -0.2) is 30.2 Å². The third-order valence-electron chi connectivity index (χ3n) is 3.80. The Hall–Kier alpha value is -1.67. The van der Waals surface area contributed by atoms with Gasteiger partial charge in [0, 0.05) is 18.7 Å². The summed E-state index contributed by atoms with van der Waals surface area (Å²) in [6.07, 6.45) is 3.60. The van der Waals surface area contributed by atoms with Crippen LogP contribution in [0.5, 0.6) is 0 Å². The average molecular weight is 313 g/mol. The van der Waals surface area contributed by atoms with E-state index in [1.165, 1.54) is 16.4 Å². The van der Waals surface area contributed by atoms with Crippen LogP contribution in [0, 0.1) is 10.1 Å². The first-order chi connectivity index (χ1) is 9.84. The molecule has 1 saturated heterocycles. The highest BCUT2D eigenvalue weighted by Crippen LogP contribution is 2.29. The number of anilines is 1. The summed E-state index contributed by atoms with van der Waals surface area (Å²) in [6.45, 7) is 2.32. The number of benzene rings is 1. The van der Waals surface area contributed by atoms with Crippen LogP contribution in [0.15, 0.2) is 23.1 Å². The molecule has 2 rings (SSSR count). The molecule has 1 aromatic rings.